The number of nitro groups is 1. The molecule has 6 nitrogen and oxygen atoms in total. The number of ketones is 1. The molecule has 0 saturated heterocycles. The summed E-state index contributed by atoms with van der Waals surface area (Å²) in [5.41, 5.74) is 0.839. The van der Waals surface area contributed by atoms with E-state index in [-0.39, 0.29) is 23.6 Å². The number of aryl methyl sites for hydroxylation is 1. The lowest BCUT2D eigenvalue weighted by atomic mass is 10.1. The van der Waals surface area contributed by atoms with Crippen LogP contribution in [0.3, 0.4) is 0 Å². The Kier molecular flexibility index (Phi) is 3.74. The first-order valence-electron chi connectivity index (χ1n) is 5.92. The summed E-state index contributed by atoms with van der Waals surface area (Å²) in [6.07, 6.45) is 1.56. The van der Waals surface area contributed by atoms with E-state index in [9.17, 15) is 19.7 Å². The smallest absolute Gasteiger partial charge is 0.269 e. The number of rotatable bonds is 4. The van der Waals surface area contributed by atoms with Crippen LogP contribution in [-0.4, -0.2) is 15.3 Å². The van der Waals surface area contributed by atoms with Gasteiger partial charge in [-0.3, -0.25) is 19.7 Å². The molecule has 1 aromatic carbocycles. The zero-order valence-corrected chi connectivity index (χ0v) is 10.8. The van der Waals surface area contributed by atoms with Crippen molar-refractivity contribution < 1.29 is 9.72 Å². The van der Waals surface area contributed by atoms with E-state index in [0.29, 0.717) is 5.56 Å². The lowest BCUT2D eigenvalue weighted by Crippen LogP contribution is -2.23. The molecule has 20 heavy (non-hydrogen) atoms. The van der Waals surface area contributed by atoms with Gasteiger partial charge in [0.15, 0.2) is 5.78 Å². The van der Waals surface area contributed by atoms with E-state index >= 15 is 0 Å². The maximum atomic E-state index is 12.0. The number of carbonyl (C=O) groups is 1. The number of pyridine rings is 1. The number of aromatic nitrogens is 1. The number of nitro benzene ring substituents is 1. The molecule has 0 radical (unpaired) electrons. The molecule has 0 atom stereocenters. The molecule has 0 N–H and O–H groups in total. The molecule has 0 spiro atoms. The van der Waals surface area contributed by atoms with Crippen LogP contribution < -0.4 is 5.56 Å². The van der Waals surface area contributed by atoms with E-state index in [1.54, 1.807) is 19.2 Å². The quantitative estimate of drug-likeness (QED) is 0.484. The molecule has 0 amide bonds. The van der Waals surface area contributed by atoms with Gasteiger partial charge in [0, 0.05) is 30.0 Å². The fraction of sp³-hybridized carbons (Fsp3) is 0.143. The van der Waals surface area contributed by atoms with Crippen molar-refractivity contribution in [3.63, 3.8) is 0 Å². The monoisotopic (exact) mass is 272 g/mol. The van der Waals surface area contributed by atoms with E-state index in [4.69, 9.17) is 0 Å². The second-order valence-electron chi connectivity index (χ2n) is 4.40. The molecule has 0 fully saturated rings. The van der Waals surface area contributed by atoms with Crippen molar-refractivity contribution in [1.82, 2.24) is 4.57 Å². The van der Waals surface area contributed by atoms with Crippen molar-refractivity contribution in [2.24, 2.45) is 0 Å². The fourth-order valence-corrected chi connectivity index (χ4v) is 1.75. The minimum absolute atomic E-state index is 0.0750. The number of Topliss-reactive ketones (excluding diaryl/α,β-unsaturated/α-hetero) is 1. The Bertz CT molecular complexity index is 717. The van der Waals surface area contributed by atoms with Gasteiger partial charge in [-0.15, -0.1) is 0 Å². The topological polar surface area (TPSA) is 82.2 Å². The number of carbonyl (C=O) groups excluding carboxylic acids is 1. The van der Waals surface area contributed by atoms with Crippen LogP contribution in [0.2, 0.25) is 0 Å². The summed E-state index contributed by atoms with van der Waals surface area (Å²) in [5, 5.41) is 10.5. The molecule has 102 valence electrons. The van der Waals surface area contributed by atoms with Gasteiger partial charge in [-0.1, -0.05) is 0 Å². The lowest BCUT2D eigenvalue weighted by molar-refractivity contribution is -0.384. The van der Waals surface area contributed by atoms with Crippen LogP contribution in [0.25, 0.3) is 0 Å². The van der Waals surface area contributed by atoms with E-state index in [2.05, 4.69) is 0 Å². The molecule has 1 aromatic heterocycles. The third kappa shape index (κ3) is 2.97. The summed E-state index contributed by atoms with van der Waals surface area (Å²) in [5.74, 6) is -0.272. The van der Waals surface area contributed by atoms with Gasteiger partial charge in [0.05, 0.1) is 11.5 Å². The second kappa shape index (κ2) is 5.48. The summed E-state index contributed by atoms with van der Waals surface area (Å²) in [7, 11) is 0. The highest BCUT2D eigenvalue weighted by atomic mass is 16.6. The zero-order valence-electron chi connectivity index (χ0n) is 10.8. The van der Waals surface area contributed by atoms with E-state index in [0.717, 1.165) is 5.56 Å². The third-order valence-corrected chi connectivity index (χ3v) is 2.87. The summed E-state index contributed by atoms with van der Waals surface area (Å²) < 4.78 is 1.30. The molecular formula is C14H12N2O4. The number of non-ortho nitro benzene ring substituents is 1. The maximum Gasteiger partial charge on any atom is 0.269 e. The van der Waals surface area contributed by atoms with E-state index in [1.165, 1.54) is 34.9 Å². The first-order chi connectivity index (χ1) is 9.47. The summed E-state index contributed by atoms with van der Waals surface area (Å²) in [6.45, 7) is 1.71. The Balaban J connectivity index is 2.19. The molecule has 0 unspecified atom stereocenters. The lowest BCUT2D eigenvalue weighted by Gasteiger charge is -2.05. The van der Waals surface area contributed by atoms with Gasteiger partial charge < -0.3 is 4.57 Å². The predicted molar refractivity (Wildman–Crippen MR) is 72.9 cm³/mol. The first-order valence-corrected chi connectivity index (χ1v) is 5.92. The highest BCUT2D eigenvalue weighted by Crippen LogP contribution is 2.12. The van der Waals surface area contributed by atoms with Crippen LogP contribution >= 0.6 is 0 Å². The number of nitrogens with zero attached hydrogens (tertiary/aromatic N) is 2. The molecule has 0 saturated carbocycles. The fourth-order valence-electron chi connectivity index (χ4n) is 1.75. The summed E-state index contributed by atoms with van der Waals surface area (Å²) in [6, 6.07) is 8.50. The maximum absolute atomic E-state index is 12.0. The Morgan fingerprint density at radius 2 is 1.90 bits per heavy atom. The molecule has 1 heterocycles. The van der Waals surface area contributed by atoms with Gasteiger partial charge in [-0.2, -0.15) is 0 Å². The Morgan fingerprint density at radius 3 is 2.45 bits per heavy atom. The molecular weight excluding hydrogens is 260 g/mol. The van der Waals surface area contributed by atoms with Gasteiger partial charge in [-0.05, 0) is 30.7 Å². The van der Waals surface area contributed by atoms with Crippen molar-refractivity contribution in [1.29, 1.82) is 0 Å². The minimum Gasteiger partial charge on any atom is -0.308 e. The Morgan fingerprint density at radius 1 is 1.25 bits per heavy atom. The van der Waals surface area contributed by atoms with Crippen LogP contribution in [0.5, 0.6) is 0 Å². The Labute approximate surface area is 114 Å². The van der Waals surface area contributed by atoms with Crippen molar-refractivity contribution in [2.45, 2.75) is 13.5 Å². The van der Waals surface area contributed by atoms with Crippen LogP contribution in [0.4, 0.5) is 5.69 Å². The van der Waals surface area contributed by atoms with Crippen molar-refractivity contribution in [3.8, 4) is 0 Å². The largest absolute Gasteiger partial charge is 0.308 e. The molecule has 0 bridgehead atoms. The first kappa shape index (κ1) is 13.7. The average molecular weight is 272 g/mol. The van der Waals surface area contributed by atoms with E-state index in [1.807, 2.05) is 0 Å². The van der Waals surface area contributed by atoms with E-state index < -0.39 is 4.92 Å². The molecule has 0 aliphatic rings. The van der Waals surface area contributed by atoms with Gasteiger partial charge >= 0.3 is 0 Å². The summed E-state index contributed by atoms with van der Waals surface area (Å²) in [4.78, 5) is 33.7. The standard InChI is InChI=1S/C14H12N2O4/c1-10-6-7-15(14(18)8-10)9-13(17)11-2-4-12(5-3-11)16(19)20/h2-8H,9H2,1H3. The van der Waals surface area contributed by atoms with Crippen molar-refractivity contribution >= 4 is 11.5 Å². The molecule has 6 heteroatoms. The number of hydrogen-bond donors (Lipinski definition) is 0. The summed E-state index contributed by atoms with van der Waals surface area (Å²) >= 11 is 0. The zero-order chi connectivity index (χ0) is 14.7. The Hall–Kier alpha value is -2.76. The molecule has 0 aliphatic carbocycles. The van der Waals surface area contributed by atoms with Gasteiger partial charge in [0.2, 0.25) is 0 Å². The van der Waals surface area contributed by atoms with Crippen LogP contribution in [0.15, 0.2) is 47.4 Å². The molecule has 2 aromatic rings. The predicted octanol–water partition coefficient (Wildman–Crippen LogP) is 1.95. The molecule has 2 rings (SSSR count). The second-order valence-corrected chi connectivity index (χ2v) is 4.40. The van der Waals surface area contributed by atoms with Gasteiger partial charge in [0.1, 0.15) is 0 Å². The third-order valence-electron chi connectivity index (χ3n) is 2.87. The number of benzene rings is 1. The van der Waals surface area contributed by atoms with Crippen molar-refractivity contribution in [2.75, 3.05) is 0 Å². The van der Waals surface area contributed by atoms with Gasteiger partial charge in [0.25, 0.3) is 11.2 Å². The average Bonchev–Trinajstić information content (AvgIpc) is 2.42. The highest BCUT2D eigenvalue weighted by molar-refractivity contribution is 5.96. The highest BCUT2D eigenvalue weighted by Gasteiger charge is 2.10. The minimum atomic E-state index is -0.529. The normalized spacial score (nSPS) is 10.2. The van der Waals surface area contributed by atoms with Gasteiger partial charge in [-0.25, -0.2) is 0 Å². The van der Waals surface area contributed by atoms with Crippen LogP contribution in [-0.2, 0) is 6.54 Å². The van der Waals surface area contributed by atoms with Crippen molar-refractivity contribution in [3.05, 3.63) is 74.2 Å². The number of hydrogen-bond acceptors (Lipinski definition) is 4. The van der Waals surface area contributed by atoms with Crippen LogP contribution in [0, 0.1) is 17.0 Å². The SMILES string of the molecule is Cc1ccn(CC(=O)c2ccc([N+](=O)[O-])cc2)c(=O)c1. The molecule has 0 aliphatic heterocycles. The van der Waals surface area contributed by atoms with Crippen LogP contribution in [0.1, 0.15) is 15.9 Å².